The molecule has 3 rings (SSSR count). The average Bonchev–Trinajstić information content (AvgIpc) is 2.79. The Kier molecular flexibility index (Phi) is 9.93. The molecule has 6 heteroatoms. The summed E-state index contributed by atoms with van der Waals surface area (Å²) < 4.78 is 5.48. The number of hydrogen-bond acceptors (Lipinski definition) is 4. The van der Waals surface area contributed by atoms with Gasteiger partial charge < -0.3 is 20.3 Å². The summed E-state index contributed by atoms with van der Waals surface area (Å²) in [5.41, 5.74) is 2.69. The second kappa shape index (κ2) is 12.9. The van der Waals surface area contributed by atoms with Crippen molar-refractivity contribution in [1.29, 1.82) is 0 Å². The number of morpholine rings is 1. The number of guanidine groups is 1. The van der Waals surface area contributed by atoms with E-state index in [1.807, 2.05) is 0 Å². The first-order valence-corrected chi connectivity index (χ1v) is 11.9. The van der Waals surface area contributed by atoms with Crippen LogP contribution in [0.15, 0.2) is 29.3 Å². The van der Waals surface area contributed by atoms with E-state index in [9.17, 15) is 0 Å². The smallest absolute Gasteiger partial charge is 0.191 e. The summed E-state index contributed by atoms with van der Waals surface area (Å²) in [6, 6.07) is 8.71. The summed E-state index contributed by atoms with van der Waals surface area (Å²) in [5.74, 6) is 1.78. The third-order valence-electron chi connectivity index (χ3n) is 6.37. The molecular formula is C24H41N5O. The maximum Gasteiger partial charge on any atom is 0.191 e. The van der Waals surface area contributed by atoms with Crippen LogP contribution in [0.4, 0.5) is 0 Å². The van der Waals surface area contributed by atoms with Crippen LogP contribution in [0.1, 0.15) is 44.2 Å². The molecule has 2 aliphatic rings. The number of benzene rings is 1. The fourth-order valence-electron chi connectivity index (χ4n) is 4.36. The molecule has 2 N–H and O–H groups in total. The summed E-state index contributed by atoms with van der Waals surface area (Å²) in [6.45, 7) is 15.4. The third kappa shape index (κ3) is 7.56. The van der Waals surface area contributed by atoms with Gasteiger partial charge in [-0.1, -0.05) is 31.2 Å². The Morgan fingerprint density at radius 2 is 1.73 bits per heavy atom. The van der Waals surface area contributed by atoms with Crippen molar-refractivity contribution in [2.24, 2.45) is 10.9 Å². The van der Waals surface area contributed by atoms with Crippen molar-refractivity contribution in [1.82, 2.24) is 20.4 Å². The van der Waals surface area contributed by atoms with Gasteiger partial charge in [-0.2, -0.15) is 0 Å². The molecule has 0 bridgehead atoms. The molecule has 0 atom stereocenters. The number of hydrogen-bond donors (Lipinski definition) is 2. The second-order valence-corrected chi connectivity index (χ2v) is 8.45. The molecule has 6 nitrogen and oxygen atoms in total. The molecule has 0 aliphatic carbocycles. The van der Waals surface area contributed by atoms with Crippen LogP contribution in [0.5, 0.6) is 0 Å². The van der Waals surface area contributed by atoms with Gasteiger partial charge in [-0.25, -0.2) is 4.99 Å². The van der Waals surface area contributed by atoms with Crippen LogP contribution in [-0.2, 0) is 17.8 Å². The van der Waals surface area contributed by atoms with Gasteiger partial charge in [-0.05, 0) is 62.9 Å². The largest absolute Gasteiger partial charge is 0.379 e. The molecule has 1 aromatic carbocycles. The zero-order valence-corrected chi connectivity index (χ0v) is 19.0. The fraction of sp³-hybridized carbons (Fsp3) is 0.708. The van der Waals surface area contributed by atoms with Crippen molar-refractivity contribution in [3.63, 3.8) is 0 Å². The number of aliphatic imine (C=N–C) groups is 1. The summed E-state index contributed by atoms with van der Waals surface area (Å²) >= 11 is 0. The van der Waals surface area contributed by atoms with E-state index in [0.717, 1.165) is 57.8 Å². The highest BCUT2D eigenvalue weighted by Crippen LogP contribution is 2.19. The molecule has 1 aromatic rings. The van der Waals surface area contributed by atoms with Crippen molar-refractivity contribution in [2.75, 3.05) is 59.0 Å². The van der Waals surface area contributed by atoms with E-state index in [4.69, 9.17) is 9.73 Å². The molecule has 2 fully saturated rings. The average molecular weight is 416 g/mol. The normalized spacial score (nSPS) is 19.7. The highest BCUT2D eigenvalue weighted by molar-refractivity contribution is 5.79. The number of rotatable bonds is 9. The Hall–Kier alpha value is -1.63. The standard InChI is InChI=1S/C24H41N5O/c1-3-25-24(26-12-9-21-10-13-28(4-2)14-11-21)27-19-22-7-5-6-8-23(22)20-29-15-17-30-18-16-29/h5-8,21H,3-4,9-20H2,1-2H3,(H2,25,26,27). The van der Waals surface area contributed by atoms with Crippen LogP contribution in [-0.4, -0.2) is 74.8 Å². The van der Waals surface area contributed by atoms with E-state index >= 15 is 0 Å². The van der Waals surface area contributed by atoms with E-state index in [-0.39, 0.29) is 0 Å². The van der Waals surface area contributed by atoms with Crippen molar-refractivity contribution >= 4 is 5.96 Å². The van der Waals surface area contributed by atoms with Gasteiger partial charge in [0.15, 0.2) is 5.96 Å². The molecule has 30 heavy (non-hydrogen) atoms. The number of nitrogens with zero attached hydrogens (tertiary/aromatic N) is 3. The summed E-state index contributed by atoms with van der Waals surface area (Å²) in [6.07, 6.45) is 3.89. The van der Waals surface area contributed by atoms with Gasteiger partial charge in [0.05, 0.1) is 19.8 Å². The number of piperidine rings is 1. The topological polar surface area (TPSA) is 52.1 Å². The van der Waals surface area contributed by atoms with Gasteiger partial charge >= 0.3 is 0 Å². The Morgan fingerprint density at radius 3 is 2.43 bits per heavy atom. The molecule has 168 valence electrons. The van der Waals surface area contributed by atoms with Gasteiger partial charge in [0.1, 0.15) is 0 Å². The maximum atomic E-state index is 5.48. The van der Waals surface area contributed by atoms with Gasteiger partial charge in [0.2, 0.25) is 0 Å². The lowest BCUT2D eigenvalue weighted by atomic mass is 9.93. The molecule has 0 radical (unpaired) electrons. The molecule has 0 spiro atoms. The highest BCUT2D eigenvalue weighted by Gasteiger charge is 2.17. The fourth-order valence-corrected chi connectivity index (χ4v) is 4.36. The lowest BCUT2D eigenvalue weighted by molar-refractivity contribution is 0.0341. The van der Waals surface area contributed by atoms with Crippen molar-refractivity contribution in [3.05, 3.63) is 35.4 Å². The lowest BCUT2D eigenvalue weighted by Gasteiger charge is -2.31. The first-order chi connectivity index (χ1) is 14.8. The van der Waals surface area contributed by atoms with Gasteiger partial charge in [-0.15, -0.1) is 0 Å². The molecule has 0 amide bonds. The SMILES string of the molecule is CCNC(=NCc1ccccc1CN1CCOCC1)NCCC1CCN(CC)CC1. The van der Waals surface area contributed by atoms with Crippen LogP contribution in [0, 0.1) is 5.92 Å². The summed E-state index contributed by atoms with van der Waals surface area (Å²) in [5, 5.41) is 6.97. The summed E-state index contributed by atoms with van der Waals surface area (Å²) in [4.78, 5) is 9.92. The minimum Gasteiger partial charge on any atom is -0.379 e. The third-order valence-corrected chi connectivity index (χ3v) is 6.37. The lowest BCUT2D eigenvalue weighted by Crippen LogP contribution is -2.39. The summed E-state index contributed by atoms with van der Waals surface area (Å²) in [7, 11) is 0. The minimum atomic E-state index is 0.713. The minimum absolute atomic E-state index is 0.713. The second-order valence-electron chi connectivity index (χ2n) is 8.45. The van der Waals surface area contributed by atoms with Crippen LogP contribution in [0.25, 0.3) is 0 Å². The molecule has 0 saturated carbocycles. The van der Waals surface area contributed by atoms with Gasteiger partial charge in [0.25, 0.3) is 0 Å². The number of nitrogens with one attached hydrogen (secondary N) is 2. The molecule has 2 heterocycles. The van der Waals surface area contributed by atoms with Gasteiger partial charge in [-0.3, -0.25) is 4.90 Å². The molecule has 0 aromatic heterocycles. The van der Waals surface area contributed by atoms with Crippen LogP contribution >= 0.6 is 0 Å². The van der Waals surface area contributed by atoms with Gasteiger partial charge in [0, 0.05) is 32.7 Å². The van der Waals surface area contributed by atoms with E-state index in [2.05, 4.69) is 58.5 Å². The maximum absolute atomic E-state index is 5.48. The Balaban J connectivity index is 1.49. The first kappa shape index (κ1) is 23.0. The quantitative estimate of drug-likeness (QED) is 0.480. The molecular weight excluding hydrogens is 374 g/mol. The van der Waals surface area contributed by atoms with E-state index < -0.39 is 0 Å². The Labute approximate surface area is 183 Å². The van der Waals surface area contributed by atoms with Crippen LogP contribution < -0.4 is 10.6 Å². The van der Waals surface area contributed by atoms with Crippen LogP contribution in [0.3, 0.4) is 0 Å². The number of ether oxygens (including phenoxy) is 1. The van der Waals surface area contributed by atoms with Crippen LogP contribution in [0.2, 0.25) is 0 Å². The Morgan fingerprint density at radius 1 is 1.00 bits per heavy atom. The predicted molar refractivity (Wildman–Crippen MR) is 125 cm³/mol. The van der Waals surface area contributed by atoms with E-state index in [0.29, 0.717) is 6.54 Å². The first-order valence-electron chi connectivity index (χ1n) is 11.9. The monoisotopic (exact) mass is 415 g/mol. The molecule has 2 aliphatic heterocycles. The van der Waals surface area contributed by atoms with E-state index in [1.54, 1.807) is 0 Å². The van der Waals surface area contributed by atoms with Crippen molar-refractivity contribution in [3.8, 4) is 0 Å². The molecule has 0 unspecified atom stereocenters. The zero-order chi connectivity index (χ0) is 21.0. The van der Waals surface area contributed by atoms with Crippen molar-refractivity contribution in [2.45, 2.75) is 46.2 Å². The zero-order valence-electron chi connectivity index (χ0n) is 19.0. The Bertz CT molecular complexity index is 636. The molecule has 2 saturated heterocycles. The van der Waals surface area contributed by atoms with Crippen molar-refractivity contribution < 1.29 is 4.74 Å². The predicted octanol–water partition coefficient (Wildman–Crippen LogP) is 2.70. The highest BCUT2D eigenvalue weighted by atomic mass is 16.5. The van der Waals surface area contributed by atoms with E-state index in [1.165, 1.54) is 50.0 Å². The number of likely N-dealkylation sites (tertiary alicyclic amines) is 1.